The monoisotopic (exact) mass is 764 g/mol. The Morgan fingerprint density at radius 3 is 1.43 bits per heavy atom. The number of esters is 1. The second-order valence-electron chi connectivity index (χ2n) is 13.7. The molecule has 56 heavy (non-hydrogen) atoms. The highest BCUT2D eigenvalue weighted by molar-refractivity contribution is 5.86. The third-order valence-corrected chi connectivity index (χ3v) is 9.97. The normalized spacial score (nSPS) is 13.3. The zero-order chi connectivity index (χ0) is 39.0. The Morgan fingerprint density at radius 1 is 0.554 bits per heavy atom. The Balaban J connectivity index is 0.976. The molecule has 0 saturated carbocycles. The first kappa shape index (κ1) is 40.6. The van der Waals surface area contributed by atoms with Gasteiger partial charge in [-0.25, -0.2) is 4.79 Å². The van der Waals surface area contributed by atoms with Crippen LogP contribution in [0.1, 0.15) is 60.3 Å². The van der Waals surface area contributed by atoms with Gasteiger partial charge in [0.2, 0.25) is 5.91 Å². The molecule has 0 radical (unpaired) electrons. The van der Waals surface area contributed by atoms with Crippen LogP contribution < -0.4 is 10.6 Å². The van der Waals surface area contributed by atoms with E-state index in [4.69, 9.17) is 28.4 Å². The van der Waals surface area contributed by atoms with Gasteiger partial charge in [0.25, 0.3) is 0 Å². The molecule has 1 atom stereocenters. The second-order valence-corrected chi connectivity index (χ2v) is 13.7. The van der Waals surface area contributed by atoms with E-state index in [1.54, 1.807) is 0 Å². The highest BCUT2D eigenvalue weighted by Gasteiger charge is 2.31. The van der Waals surface area contributed by atoms with Crippen molar-refractivity contribution in [2.75, 3.05) is 72.6 Å². The zero-order valence-corrected chi connectivity index (χ0v) is 32.0. The van der Waals surface area contributed by atoms with E-state index in [0.29, 0.717) is 39.6 Å². The molecule has 0 heterocycles. The minimum Gasteiger partial charge on any atom is -0.465 e. The maximum atomic E-state index is 13.4. The van der Waals surface area contributed by atoms with Crippen LogP contribution >= 0.6 is 0 Å². The van der Waals surface area contributed by atoms with E-state index in [0.717, 1.165) is 57.5 Å². The number of ether oxygens (including phenoxy) is 6. The van der Waals surface area contributed by atoms with Gasteiger partial charge in [-0.1, -0.05) is 104 Å². The van der Waals surface area contributed by atoms with Crippen LogP contribution in [0.5, 0.6) is 0 Å². The quantitative estimate of drug-likeness (QED) is 0.0632. The number of hydrogen-bond acceptors (Lipinski definition) is 9. The van der Waals surface area contributed by atoms with Crippen LogP contribution in [0, 0.1) is 0 Å². The molecule has 2 amide bonds. The maximum Gasteiger partial charge on any atom is 0.407 e. The Morgan fingerprint density at radius 2 is 0.964 bits per heavy atom. The molecule has 11 nitrogen and oxygen atoms in total. The number of alkyl carbamates (subject to hydrolysis) is 1. The van der Waals surface area contributed by atoms with Gasteiger partial charge >= 0.3 is 12.1 Å². The summed E-state index contributed by atoms with van der Waals surface area (Å²) in [6.45, 7) is 6.25. The third kappa shape index (κ3) is 10.8. The van der Waals surface area contributed by atoms with Crippen molar-refractivity contribution in [3.8, 4) is 22.3 Å². The largest absolute Gasteiger partial charge is 0.465 e. The van der Waals surface area contributed by atoms with Crippen molar-refractivity contribution in [3.63, 3.8) is 0 Å². The molecule has 6 rings (SSSR count). The lowest BCUT2D eigenvalue weighted by Gasteiger charge is -2.20. The lowest BCUT2D eigenvalue weighted by atomic mass is 9.98. The molecule has 2 aliphatic carbocycles. The standard InChI is InChI=1S/C45H52N2O9/c1-2-22-51-24-26-53-28-29-54-27-25-52-23-21-46-44(49)42(47-45(50)56-31-41-38-17-9-5-13-34(38)35-14-6-10-18-39(35)41)19-20-43(48)55-30-40-36-15-7-3-11-32(36)33-12-4-8-16-37(33)40/h3-18,40-42H,2,19-31H2,1H3,(H,46,49)(H,47,50)/t42-/m0/s1. The molecule has 0 spiro atoms. The molecule has 2 N–H and O–H groups in total. The first-order valence-corrected chi connectivity index (χ1v) is 19.6. The van der Waals surface area contributed by atoms with Gasteiger partial charge in [-0.3, -0.25) is 9.59 Å². The average molecular weight is 765 g/mol. The van der Waals surface area contributed by atoms with Gasteiger partial charge in [0, 0.05) is 31.4 Å². The molecule has 11 heteroatoms. The Labute approximate surface area is 329 Å². The van der Waals surface area contributed by atoms with Gasteiger partial charge in [0.15, 0.2) is 0 Å². The molecular formula is C45H52N2O9. The molecule has 0 aromatic heterocycles. The van der Waals surface area contributed by atoms with Crippen molar-refractivity contribution in [2.24, 2.45) is 0 Å². The zero-order valence-electron chi connectivity index (χ0n) is 32.0. The van der Waals surface area contributed by atoms with E-state index < -0.39 is 24.0 Å². The molecular weight excluding hydrogens is 712 g/mol. The maximum absolute atomic E-state index is 13.4. The van der Waals surface area contributed by atoms with E-state index in [2.05, 4.69) is 54.0 Å². The summed E-state index contributed by atoms with van der Waals surface area (Å²) in [6, 6.07) is 31.4. The number of carbonyl (C=O) groups excluding carboxylic acids is 3. The van der Waals surface area contributed by atoms with Crippen molar-refractivity contribution in [1.29, 1.82) is 0 Å². The SMILES string of the molecule is CCCOCCOCCOCCOCCNC(=O)[C@H](CCC(=O)OCC1c2ccccc2-c2ccccc21)NC(=O)OCC1c2ccccc2-c2ccccc21. The van der Waals surface area contributed by atoms with E-state index in [1.807, 2.05) is 60.7 Å². The number of rotatable bonds is 23. The second kappa shape index (κ2) is 21.3. The Bertz CT molecular complexity index is 1810. The summed E-state index contributed by atoms with van der Waals surface area (Å²) < 4.78 is 33.5. The van der Waals surface area contributed by atoms with Crippen molar-refractivity contribution in [1.82, 2.24) is 10.6 Å². The van der Waals surface area contributed by atoms with Gasteiger partial charge in [-0.05, 0) is 57.3 Å². The van der Waals surface area contributed by atoms with Crippen LogP contribution in [-0.2, 0) is 38.0 Å². The minimum absolute atomic E-state index is 0.0220. The molecule has 4 aromatic rings. The van der Waals surface area contributed by atoms with Gasteiger partial charge in [-0.2, -0.15) is 0 Å². The van der Waals surface area contributed by atoms with Crippen LogP contribution in [-0.4, -0.2) is 96.6 Å². The van der Waals surface area contributed by atoms with E-state index in [-0.39, 0.29) is 51.0 Å². The predicted molar refractivity (Wildman–Crippen MR) is 212 cm³/mol. The first-order valence-electron chi connectivity index (χ1n) is 19.6. The Hall–Kier alpha value is -5.07. The summed E-state index contributed by atoms with van der Waals surface area (Å²) >= 11 is 0. The molecule has 0 unspecified atom stereocenters. The minimum atomic E-state index is -1.04. The van der Waals surface area contributed by atoms with Crippen LogP contribution in [0.4, 0.5) is 4.79 Å². The number of amides is 2. The van der Waals surface area contributed by atoms with Crippen molar-refractivity contribution < 1.29 is 42.8 Å². The molecule has 296 valence electrons. The lowest BCUT2D eigenvalue weighted by Crippen LogP contribution is -2.48. The van der Waals surface area contributed by atoms with Gasteiger partial charge in [0.05, 0.1) is 46.2 Å². The smallest absolute Gasteiger partial charge is 0.407 e. The van der Waals surface area contributed by atoms with Crippen LogP contribution in [0.2, 0.25) is 0 Å². The number of fused-ring (bicyclic) bond motifs is 6. The fourth-order valence-electron chi connectivity index (χ4n) is 7.28. The van der Waals surface area contributed by atoms with Crippen LogP contribution in [0.15, 0.2) is 97.1 Å². The fourth-order valence-corrected chi connectivity index (χ4v) is 7.28. The molecule has 0 fully saturated rings. The summed E-state index contributed by atoms with van der Waals surface area (Å²) in [4.78, 5) is 39.8. The van der Waals surface area contributed by atoms with E-state index >= 15 is 0 Å². The topological polar surface area (TPSA) is 131 Å². The first-order chi connectivity index (χ1) is 27.5. The predicted octanol–water partition coefficient (Wildman–Crippen LogP) is 6.62. The summed E-state index contributed by atoms with van der Waals surface area (Å²) in [5.74, 6) is -1.14. The lowest BCUT2D eigenvalue weighted by molar-refractivity contribution is -0.144. The van der Waals surface area contributed by atoms with Crippen molar-refractivity contribution in [2.45, 2.75) is 44.1 Å². The fraction of sp³-hybridized carbons (Fsp3) is 0.400. The van der Waals surface area contributed by atoms with Crippen molar-refractivity contribution in [3.05, 3.63) is 119 Å². The molecule has 0 aliphatic heterocycles. The third-order valence-electron chi connectivity index (χ3n) is 9.97. The van der Waals surface area contributed by atoms with E-state index in [9.17, 15) is 14.4 Å². The number of hydrogen-bond donors (Lipinski definition) is 2. The van der Waals surface area contributed by atoms with Crippen molar-refractivity contribution >= 4 is 18.0 Å². The van der Waals surface area contributed by atoms with Gasteiger partial charge in [0.1, 0.15) is 19.3 Å². The highest BCUT2D eigenvalue weighted by Crippen LogP contribution is 2.45. The van der Waals surface area contributed by atoms with Gasteiger partial charge in [-0.15, -0.1) is 0 Å². The molecule has 2 aliphatic rings. The molecule has 0 bridgehead atoms. The molecule has 4 aromatic carbocycles. The molecule has 0 saturated heterocycles. The average Bonchev–Trinajstić information content (AvgIpc) is 3.73. The van der Waals surface area contributed by atoms with Gasteiger partial charge < -0.3 is 39.1 Å². The summed E-state index contributed by atoms with van der Waals surface area (Å²) in [7, 11) is 0. The Kier molecular flexibility index (Phi) is 15.4. The van der Waals surface area contributed by atoms with E-state index in [1.165, 1.54) is 0 Å². The summed E-state index contributed by atoms with van der Waals surface area (Å²) in [5.41, 5.74) is 8.89. The number of carbonyl (C=O) groups is 3. The number of benzene rings is 4. The van der Waals surface area contributed by atoms with Crippen LogP contribution in [0.25, 0.3) is 22.3 Å². The number of nitrogens with one attached hydrogen (secondary N) is 2. The summed E-state index contributed by atoms with van der Waals surface area (Å²) in [5, 5.41) is 5.52. The summed E-state index contributed by atoms with van der Waals surface area (Å²) in [6.07, 6.45) is 0.176. The highest BCUT2D eigenvalue weighted by atomic mass is 16.6. The van der Waals surface area contributed by atoms with Crippen LogP contribution in [0.3, 0.4) is 0 Å².